The number of ether oxygens (including phenoxy) is 2. The molecule has 0 aliphatic rings. The third kappa shape index (κ3) is 5.22. The van der Waals surface area contributed by atoms with Gasteiger partial charge in [0, 0.05) is 5.69 Å². The van der Waals surface area contributed by atoms with Crippen LogP contribution in [0.3, 0.4) is 0 Å². The van der Waals surface area contributed by atoms with Gasteiger partial charge in [0.2, 0.25) is 0 Å². The number of rotatable bonds is 4. The van der Waals surface area contributed by atoms with Gasteiger partial charge in [-0.1, -0.05) is 39.0 Å². The van der Waals surface area contributed by atoms with Gasteiger partial charge in [-0.15, -0.1) is 0 Å². The third-order valence-corrected chi connectivity index (χ3v) is 4.28. The number of para-hydroxylation sites is 1. The van der Waals surface area contributed by atoms with E-state index in [1.807, 2.05) is 32.9 Å². The summed E-state index contributed by atoms with van der Waals surface area (Å²) in [5.74, 6) is -3.33. The van der Waals surface area contributed by atoms with E-state index in [2.05, 4.69) is 20.1 Å². The molecular weight excluding hydrogens is 388 g/mol. The fraction of sp³-hybridized carbons (Fsp3) is 0.273. The highest BCUT2D eigenvalue weighted by atomic mass is 16.5. The second kappa shape index (κ2) is 9.21. The number of nitrogens with one attached hydrogen (secondary N) is 2. The molecule has 2 amide bonds. The molecule has 0 aliphatic carbocycles. The van der Waals surface area contributed by atoms with Crippen LogP contribution in [-0.2, 0) is 24.5 Å². The van der Waals surface area contributed by atoms with E-state index in [1.165, 1.54) is 32.4 Å². The molecule has 2 rings (SSSR count). The van der Waals surface area contributed by atoms with E-state index in [1.54, 1.807) is 12.1 Å². The Hall–Kier alpha value is -3.68. The summed E-state index contributed by atoms with van der Waals surface area (Å²) in [6.07, 6.45) is 0. The van der Waals surface area contributed by atoms with Crippen LogP contribution >= 0.6 is 0 Å². The van der Waals surface area contributed by atoms with Crippen molar-refractivity contribution in [3.05, 3.63) is 59.2 Å². The van der Waals surface area contributed by atoms with E-state index in [0.29, 0.717) is 5.69 Å². The van der Waals surface area contributed by atoms with E-state index in [9.17, 15) is 19.2 Å². The molecule has 0 bridgehead atoms. The van der Waals surface area contributed by atoms with Crippen molar-refractivity contribution in [1.29, 1.82) is 0 Å². The van der Waals surface area contributed by atoms with Crippen molar-refractivity contribution < 1.29 is 28.7 Å². The molecule has 0 heterocycles. The van der Waals surface area contributed by atoms with Gasteiger partial charge in [-0.25, -0.2) is 9.59 Å². The Morgan fingerprint density at radius 1 is 0.767 bits per heavy atom. The maximum Gasteiger partial charge on any atom is 0.339 e. The number of hydrogen-bond acceptors (Lipinski definition) is 6. The van der Waals surface area contributed by atoms with Crippen LogP contribution in [0.5, 0.6) is 0 Å². The quantitative estimate of drug-likeness (QED) is 0.590. The number of anilines is 2. The fourth-order valence-electron chi connectivity index (χ4n) is 2.78. The first-order valence-corrected chi connectivity index (χ1v) is 9.11. The highest BCUT2D eigenvalue weighted by molar-refractivity contribution is 6.44. The molecule has 0 saturated heterocycles. The minimum Gasteiger partial charge on any atom is -0.465 e. The van der Waals surface area contributed by atoms with Crippen molar-refractivity contribution in [2.45, 2.75) is 26.2 Å². The fourth-order valence-corrected chi connectivity index (χ4v) is 2.78. The predicted octanol–water partition coefficient (Wildman–Crippen LogP) is 3.13. The first kappa shape index (κ1) is 22.6. The van der Waals surface area contributed by atoms with E-state index in [4.69, 9.17) is 0 Å². The standard InChI is InChI=1S/C22H24N2O6/c1-22(2,3)15-8-6-7-9-16(15)23-18(25)19(26)24-17-12-13(20(27)29-4)10-11-14(17)21(28)30-5/h6-12H,1-5H3,(H,23,25)(H,24,26). The minimum absolute atomic E-state index is 0.0126. The van der Waals surface area contributed by atoms with Gasteiger partial charge < -0.3 is 20.1 Å². The summed E-state index contributed by atoms with van der Waals surface area (Å²) >= 11 is 0. The Morgan fingerprint density at radius 3 is 1.90 bits per heavy atom. The normalized spacial score (nSPS) is 10.7. The van der Waals surface area contributed by atoms with Gasteiger partial charge in [-0.2, -0.15) is 0 Å². The lowest BCUT2D eigenvalue weighted by molar-refractivity contribution is -0.133. The monoisotopic (exact) mass is 412 g/mol. The number of carbonyl (C=O) groups is 4. The zero-order valence-corrected chi connectivity index (χ0v) is 17.5. The van der Waals surface area contributed by atoms with E-state index in [-0.39, 0.29) is 22.2 Å². The van der Waals surface area contributed by atoms with Crippen molar-refractivity contribution in [3.63, 3.8) is 0 Å². The first-order valence-electron chi connectivity index (χ1n) is 9.11. The van der Waals surface area contributed by atoms with Crippen LogP contribution in [0.15, 0.2) is 42.5 Å². The zero-order chi connectivity index (χ0) is 22.5. The van der Waals surface area contributed by atoms with Gasteiger partial charge in [-0.3, -0.25) is 9.59 Å². The highest BCUT2D eigenvalue weighted by Gasteiger charge is 2.23. The maximum atomic E-state index is 12.5. The molecular formula is C22H24N2O6. The Labute approximate surface area is 174 Å². The Kier molecular flexibility index (Phi) is 6.94. The van der Waals surface area contributed by atoms with E-state index < -0.39 is 23.8 Å². The molecule has 2 aromatic carbocycles. The molecule has 0 aromatic heterocycles. The van der Waals surface area contributed by atoms with Gasteiger partial charge in [0.15, 0.2) is 0 Å². The molecule has 8 nitrogen and oxygen atoms in total. The smallest absolute Gasteiger partial charge is 0.339 e. The molecule has 2 N–H and O–H groups in total. The van der Waals surface area contributed by atoms with Crippen LogP contribution in [-0.4, -0.2) is 38.0 Å². The molecule has 0 atom stereocenters. The van der Waals surface area contributed by atoms with Gasteiger partial charge in [-0.05, 0) is 35.2 Å². The summed E-state index contributed by atoms with van der Waals surface area (Å²) in [6, 6.07) is 11.1. The minimum atomic E-state index is -1.01. The summed E-state index contributed by atoms with van der Waals surface area (Å²) in [5, 5.41) is 4.95. The third-order valence-electron chi connectivity index (χ3n) is 4.28. The van der Waals surface area contributed by atoms with E-state index in [0.717, 1.165) is 5.56 Å². The van der Waals surface area contributed by atoms with E-state index >= 15 is 0 Å². The lowest BCUT2D eigenvalue weighted by Gasteiger charge is -2.22. The van der Waals surface area contributed by atoms with Crippen LogP contribution in [0.1, 0.15) is 47.1 Å². The summed E-state index contributed by atoms with van der Waals surface area (Å²) in [7, 11) is 2.38. The zero-order valence-electron chi connectivity index (χ0n) is 17.5. The van der Waals surface area contributed by atoms with Crippen LogP contribution in [0.2, 0.25) is 0 Å². The number of benzene rings is 2. The molecule has 2 aromatic rings. The molecule has 0 saturated carbocycles. The summed E-state index contributed by atoms with van der Waals surface area (Å²) in [6.45, 7) is 5.96. The summed E-state index contributed by atoms with van der Waals surface area (Å²) in [5.41, 5.74) is 1.14. The van der Waals surface area contributed by atoms with Crippen LogP contribution < -0.4 is 10.6 Å². The molecule has 0 fully saturated rings. The van der Waals surface area contributed by atoms with Gasteiger partial charge in [0.05, 0.1) is 31.0 Å². The van der Waals surface area contributed by atoms with Crippen LogP contribution in [0, 0.1) is 0 Å². The second-order valence-electron chi connectivity index (χ2n) is 7.45. The number of methoxy groups -OCH3 is 2. The van der Waals surface area contributed by atoms with Crippen molar-refractivity contribution in [3.8, 4) is 0 Å². The van der Waals surface area contributed by atoms with Gasteiger partial charge in [0.1, 0.15) is 0 Å². The first-order chi connectivity index (χ1) is 14.1. The van der Waals surface area contributed by atoms with Crippen molar-refractivity contribution in [2.75, 3.05) is 24.9 Å². The maximum absolute atomic E-state index is 12.5. The molecule has 0 spiro atoms. The number of amides is 2. The summed E-state index contributed by atoms with van der Waals surface area (Å²) < 4.78 is 9.33. The molecule has 0 radical (unpaired) electrons. The number of esters is 2. The van der Waals surface area contributed by atoms with Crippen molar-refractivity contribution in [1.82, 2.24) is 0 Å². The lowest BCUT2D eigenvalue weighted by atomic mass is 9.86. The number of carbonyl (C=O) groups excluding carboxylic acids is 4. The highest BCUT2D eigenvalue weighted by Crippen LogP contribution is 2.29. The van der Waals surface area contributed by atoms with Crippen molar-refractivity contribution >= 4 is 35.1 Å². The Bertz CT molecular complexity index is 991. The largest absolute Gasteiger partial charge is 0.465 e. The average molecular weight is 412 g/mol. The lowest BCUT2D eigenvalue weighted by Crippen LogP contribution is -2.31. The van der Waals surface area contributed by atoms with Crippen molar-refractivity contribution in [2.24, 2.45) is 0 Å². The molecule has 0 aliphatic heterocycles. The average Bonchev–Trinajstić information content (AvgIpc) is 2.72. The summed E-state index contributed by atoms with van der Waals surface area (Å²) in [4.78, 5) is 48.8. The molecule has 8 heteroatoms. The van der Waals surface area contributed by atoms with Crippen LogP contribution in [0.25, 0.3) is 0 Å². The SMILES string of the molecule is COC(=O)c1ccc(C(=O)OC)c(NC(=O)C(=O)Nc2ccccc2C(C)(C)C)c1. The van der Waals surface area contributed by atoms with Crippen LogP contribution in [0.4, 0.5) is 11.4 Å². The van der Waals surface area contributed by atoms with Gasteiger partial charge in [0.25, 0.3) is 0 Å². The molecule has 30 heavy (non-hydrogen) atoms. The Balaban J connectivity index is 2.30. The Morgan fingerprint density at radius 2 is 1.33 bits per heavy atom. The molecule has 0 unspecified atom stereocenters. The topological polar surface area (TPSA) is 111 Å². The predicted molar refractivity (Wildman–Crippen MR) is 112 cm³/mol. The van der Waals surface area contributed by atoms with Gasteiger partial charge >= 0.3 is 23.8 Å². The second-order valence-corrected chi connectivity index (χ2v) is 7.45. The molecule has 158 valence electrons. The number of hydrogen-bond donors (Lipinski definition) is 2.